The molecule has 6 heteroatoms. The Balaban J connectivity index is 1.84. The van der Waals surface area contributed by atoms with Gasteiger partial charge in [-0.15, -0.1) is 0 Å². The second-order valence-corrected chi connectivity index (χ2v) is 6.56. The summed E-state index contributed by atoms with van der Waals surface area (Å²) in [5.41, 5.74) is 2.10. The molecular weight excluding hydrogens is 294 g/mol. The van der Waals surface area contributed by atoms with Crippen LogP contribution in [0.25, 0.3) is 0 Å². The lowest BCUT2D eigenvalue weighted by Crippen LogP contribution is -2.44. The van der Waals surface area contributed by atoms with Gasteiger partial charge in [-0.2, -0.15) is 0 Å². The minimum Gasteiger partial charge on any atom is -0.325 e. The van der Waals surface area contributed by atoms with Crippen LogP contribution in [-0.4, -0.2) is 21.7 Å². The molecule has 1 atom stereocenters. The number of nitrogens with zero attached hydrogens (tertiary/aromatic N) is 2. The van der Waals surface area contributed by atoms with E-state index in [1.165, 1.54) is 0 Å². The number of imidazole rings is 1. The van der Waals surface area contributed by atoms with Gasteiger partial charge < -0.3 is 19.4 Å². The molecule has 1 aromatic carbocycles. The van der Waals surface area contributed by atoms with Crippen LogP contribution in [0, 0.1) is 5.41 Å². The molecule has 2 aromatic rings. The molecule has 1 aromatic heterocycles. The first kappa shape index (κ1) is 14.4. The second-order valence-electron chi connectivity index (χ2n) is 6.56. The number of hydrogen-bond acceptors (Lipinski definition) is 4. The Labute approximate surface area is 134 Å². The zero-order valence-electron chi connectivity index (χ0n) is 13.3. The number of rotatable bonds is 2. The van der Waals surface area contributed by atoms with Gasteiger partial charge >= 0.3 is 0 Å². The number of anilines is 1. The van der Waals surface area contributed by atoms with Gasteiger partial charge in [0.15, 0.2) is 6.29 Å². The van der Waals surface area contributed by atoms with Crippen LogP contribution in [-0.2, 0) is 14.3 Å². The lowest BCUT2D eigenvalue weighted by atomic mass is 9.76. The van der Waals surface area contributed by atoms with Gasteiger partial charge in [-0.25, -0.2) is 4.98 Å². The number of carbonyl (C=O) groups is 1. The van der Waals surface area contributed by atoms with Crippen LogP contribution in [0.15, 0.2) is 36.8 Å². The maximum atomic E-state index is 12.6. The van der Waals surface area contributed by atoms with E-state index >= 15 is 0 Å². The van der Waals surface area contributed by atoms with Crippen molar-refractivity contribution < 1.29 is 14.3 Å². The van der Waals surface area contributed by atoms with E-state index in [-0.39, 0.29) is 18.2 Å². The van der Waals surface area contributed by atoms with Crippen molar-refractivity contribution in [3.63, 3.8) is 0 Å². The van der Waals surface area contributed by atoms with Crippen molar-refractivity contribution in [2.45, 2.75) is 39.4 Å². The molecule has 2 aliphatic rings. The van der Waals surface area contributed by atoms with E-state index in [0.29, 0.717) is 0 Å². The van der Waals surface area contributed by atoms with Crippen molar-refractivity contribution in [2.75, 3.05) is 5.32 Å². The quantitative estimate of drug-likeness (QED) is 0.926. The van der Waals surface area contributed by atoms with Crippen molar-refractivity contribution in [1.29, 1.82) is 0 Å². The molecule has 2 aliphatic heterocycles. The fourth-order valence-corrected chi connectivity index (χ4v) is 3.35. The van der Waals surface area contributed by atoms with Gasteiger partial charge in [0.05, 0.1) is 29.7 Å². The number of carbonyl (C=O) groups excluding carboxylic acids is 1. The minimum atomic E-state index is -0.626. The normalized spacial score (nSPS) is 28.7. The van der Waals surface area contributed by atoms with Crippen LogP contribution in [0.4, 0.5) is 5.69 Å². The first-order valence-corrected chi connectivity index (χ1v) is 7.71. The number of aromatic nitrogens is 2. The van der Waals surface area contributed by atoms with Crippen LogP contribution in [0.5, 0.6) is 0 Å². The summed E-state index contributed by atoms with van der Waals surface area (Å²) in [6.07, 6.45) is 2.84. The summed E-state index contributed by atoms with van der Waals surface area (Å²) < 4.78 is 13.2. The van der Waals surface area contributed by atoms with Crippen molar-refractivity contribution in [3.05, 3.63) is 48.0 Å². The third-order valence-corrected chi connectivity index (χ3v) is 4.62. The number of hydrogen-bond donors (Lipinski definition) is 1. The monoisotopic (exact) mass is 313 g/mol. The highest BCUT2D eigenvalue weighted by Crippen LogP contribution is 2.46. The van der Waals surface area contributed by atoms with Crippen molar-refractivity contribution >= 4 is 11.6 Å². The molecule has 0 radical (unpaired) electrons. The summed E-state index contributed by atoms with van der Waals surface area (Å²) in [6, 6.07) is 7.69. The molecule has 120 valence electrons. The summed E-state index contributed by atoms with van der Waals surface area (Å²) in [7, 11) is 0. The maximum absolute atomic E-state index is 12.6. The lowest BCUT2D eigenvalue weighted by Gasteiger charge is -2.42. The smallest absolute Gasteiger partial charge is 0.232 e. The summed E-state index contributed by atoms with van der Waals surface area (Å²) in [5.74, 6) is -0.00957. The summed E-state index contributed by atoms with van der Waals surface area (Å²) in [4.78, 5) is 16.9. The highest BCUT2D eigenvalue weighted by atomic mass is 16.9. The van der Waals surface area contributed by atoms with E-state index in [1.807, 2.05) is 49.6 Å². The standard InChI is InChI=1S/C17H19N3O3/c1-10-22-15(23-10)13-8-18-9-20(13)14-11-6-4-5-7-12(11)19-16(21)17(14,2)3/h4-10,14-15H,1-3H3,(H,19,21). The zero-order chi connectivity index (χ0) is 16.2. The minimum absolute atomic E-state index is 0.00957. The van der Waals surface area contributed by atoms with E-state index in [9.17, 15) is 4.79 Å². The van der Waals surface area contributed by atoms with E-state index in [2.05, 4.69) is 10.3 Å². The van der Waals surface area contributed by atoms with Crippen LogP contribution < -0.4 is 5.32 Å². The van der Waals surface area contributed by atoms with Crippen LogP contribution in [0.3, 0.4) is 0 Å². The van der Waals surface area contributed by atoms with Gasteiger partial charge in [0.1, 0.15) is 0 Å². The number of amides is 1. The molecule has 1 saturated heterocycles. The molecule has 23 heavy (non-hydrogen) atoms. The highest BCUT2D eigenvalue weighted by molar-refractivity contribution is 5.98. The predicted molar refractivity (Wildman–Crippen MR) is 83.6 cm³/mol. The molecule has 0 aliphatic carbocycles. The molecule has 1 fully saturated rings. The average molecular weight is 313 g/mol. The Morgan fingerprint density at radius 3 is 2.74 bits per heavy atom. The first-order chi connectivity index (χ1) is 11.0. The third-order valence-electron chi connectivity index (χ3n) is 4.62. The largest absolute Gasteiger partial charge is 0.325 e. The fourth-order valence-electron chi connectivity index (χ4n) is 3.35. The van der Waals surface area contributed by atoms with Crippen LogP contribution >= 0.6 is 0 Å². The van der Waals surface area contributed by atoms with Gasteiger partial charge in [0.2, 0.25) is 12.2 Å². The van der Waals surface area contributed by atoms with E-state index in [1.54, 1.807) is 12.5 Å². The number of para-hydroxylation sites is 1. The summed E-state index contributed by atoms with van der Waals surface area (Å²) in [5, 5.41) is 2.99. The van der Waals surface area contributed by atoms with Gasteiger partial charge in [-0.1, -0.05) is 18.2 Å². The van der Waals surface area contributed by atoms with Gasteiger partial charge in [0, 0.05) is 5.69 Å². The molecule has 1 N–H and O–H groups in total. The number of ether oxygens (including phenoxy) is 2. The molecule has 1 unspecified atom stereocenters. The van der Waals surface area contributed by atoms with Crippen LogP contribution in [0.1, 0.15) is 44.4 Å². The second kappa shape index (κ2) is 4.91. The number of nitrogens with one attached hydrogen (secondary N) is 1. The predicted octanol–water partition coefficient (Wildman–Crippen LogP) is 2.84. The fraction of sp³-hybridized carbons (Fsp3) is 0.412. The average Bonchev–Trinajstić information content (AvgIpc) is 2.93. The molecule has 3 heterocycles. The lowest BCUT2D eigenvalue weighted by molar-refractivity contribution is -0.384. The van der Waals surface area contributed by atoms with E-state index < -0.39 is 11.7 Å². The van der Waals surface area contributed by atoms with Crippen molar-refractivity contribution in [3.8, 4) is 0 Å². The van der Waals surface area contributed by atoms with Crippen LogP contribution in [0.2, 0.25) is 0 Å². The Morgan fingerprint density at radius 1 is 1.26 bits per heavy atom. The Hall–Kier alpha value is -2.18. The highest BCUT2D eigenvalue weighted by Gasteiger charge is 2.45. The molecule has 0 saturated carbocycles. The van der Waals surface area contributed by atoms with Gasteiger partial charge in [-0.3, -0.25) is 4.79 Å². The number of benzene rings is 1. The molecular formula is C17H19N3O3. The number of fused-ring (bicyclic) bond motifs is 1. The van der Waals surface area contributed by atoms with Crippen molar-refractivity contribution in [2.24, 2.45) is 5.41 Å². The maximum Gasteiger partial charge on any atom is 0.232 e. The molecule has 1 amide bonds. The first-order valence-electron chi connectivity index (χ1n) is 7.71. The Morgan fingerprint density at radius 2 is 2.00 bits per heavy atom. The molecule has 6 nitrogen and oxygen atoms in total. The van der Waals surface area contributed by atoms with Gasteiger partial charge in [0.25, 0.3) is 0 Å². The molecule has 0 spiro atoms. The van der Waals surface area contributed by atoms with E-state index in [0.717, 1.165) is 16.9 Å². The molecule has 0 bridgehead atoms. The van der Waals surface area contributed by atoms with Gasteiger partial charge in [-0.05, 0) is 32.4 Å². The Bertz CT molecular complexity index is 762. The SMILES string of the molecule is CC1OC(c2cncn2C2c3ccccc3NC(=O)C2(C)C)O1. The summed E-state index contributed by atoms with van der Waals surface area (Å²) >= 11 is 0. The van der Waals surface area contributed by atoms with E-state index in [4.69, 9.17) is 9.47 Å². The topological polar surface area (TPSA) is 65.4 Å². The summed E-state index contributed by atoms with van der Waals surface area (Å²) in [6.45, 7) is 5.74. The third kappa shape index (κ3) is 2.09. The zero-order valence-corrected chi connectivity index (χ0v) is 13.3. The van der Waals surface area contributed by atoms with Crippen molar-refractivity contribution in [1.82, 2.24) is 9.55 Å². The molecule has 4 rings (SSSR count). The Kier molecular flexibility index (Phi) is 3.08.